The third kappa shape index (κ3) is 2.13. The van der Waals surface area contributed by atoms with Crippen LogP contribution in [0.3, 0.4) is 0 Å². The molecule has 0 aromatic heterocycles. The summed E-state index contributed by atoms with van der Waals surface area (Å²) < 4.78 is 65.8. The molecule has 8 heteroatoms. The van der Waals surface area contributed by atoms with Gasteiger partial charge in [-0.05, 0) is 19.3 Å². The number of benzene rings is 1. The summed E-state index contributed by atoms with van der Waals surface area (Å²) in [5.74, 6) is -12.2. The van der Waals surface area contributed by atoms with Crippen molar-refractivity contribution in [1.29, 1.82) is 0 Å². The monoisotopic (exact) mass is 294 g/mol. The highest BCUT2D eigenvalue weighted by Gasteiger charge is 2.39. The van der Waals surface area contributed by atoms with E-state index in [1.807, 2.05) is 0 Å². The van der Waals surface area contributed by atoms with Crippen LogP contribution in [0.15, 0.2) is 0 Å². The predicted octanol–water partition coefficient (Wildman–Crippen LogP) is 1.99. The maximum Gasteiger partial charge on any atom is 0.257 e. The molecule has 2 rings (SSSR count). The molecule has 1 aromatic carbocycles. The van der Waals surface area contributed by atoms with Crippen LogP contribution in [0.25, 0.3) is 0 Å². The Balaban J connectivity index is 2.40. The summed E-state index contributed by atoms with van der Waals surface area (Å²) in [6.45, 7) is 0.0220. The molecule has 1 saturated carbocycles. The average Bonchev–Trinajstić information content (AvgIpc) is 2.38. The highest BCUT2D eigenvalue weighted by Crippen LogP contribution is 2.32. The van der Waals surface area contributed by atoms with Gasteiger partial charge in [0.2, 0.25) is 5.82 Å². The van der Waals surface area contributed by atoms with Gasteiger partial charge in [-0.1, -0.05) is 0 Å². The van der Waals surface area contributed by atoms with E-state index in [1.165, 1.54) is 0 Å². The summed E-state index contributed by atoms with van der Waals surface area (Å²) >= 11 is 0. The summed E-state index contributed by atoms with van der Waals surface area (Å²) in [4.78, 5) is 11.8. The van der Waals surface area contributed by atoms with Crippen LogP contribution in [-0.4, -0.2) is 18.0 Å². The van der Waals surface area contributed by atoms with Crippen molar-refractivity contribution in [2.45, 2.75) is 24.8 Å². The number of nitrogens with one attached hydrogen (secondary N) is 1. The van der Waals surface area contributed by atoms with Crippen molar-refractivity contribution in [3.8, 4) is 0 Å². The highest BCUT2D eigenvalue weighted by molar-refractivity contribution is 5.95. The Labute approximate surface area is 110 Å². The molecule has 0 aliphatic heterocycles. The lowest BCUT2D eigenvalue weighted by molar-refractivity contribution is 0.0825. The number of carbonyl (C=O) groups excluding carboxylic acids is 1. The number of nitrogens with two attached hydrogens (primary N) is 1. The molecule has 1 aromatic rings. The van der Waals surface area contributed by atoms with Gasteiger partial charge in [0.1, 0.15) is 5.56 Å². The van der Waals surface area contributed by atoms with Crippen LogP contribution in [0.5, 0.6) is 0 Å². The first-order chi connectivity index (χ1) is 9.33. The van der Waals surface area contributed by atoms with E-state index in [1.54, 1.807) is 0 Å². The van der Waals surface area contributed by atoms with Gasteiger partial charge in [0.05, 0.1) is 5.54 Å². The molecular weight excluding hydrogens is 283 g/mol. The van der Waals surface area contributed by atoms with Crippen LogP contribution in [0.1, 0.15) is 29.6 Å². The molecule has 1 amide bonds. The number of halogens is 5. The fourth-order valence-corrected chi connectivity index (χ4v) is 2.09. The molecule has 0 spiro atoms. The minimum Gasteiger partial charge on any atom is -0.345 e. The molecule has 0 radical (unpaired) electrons. The first-order valence-electron chi connectivity index (χ1n) is 5.87. The quantitative estimate of drug-likeness (QED) is 0.509. The van der Waals surface area contributed by atoms with Crippen LogP contribution in [0.2, 0.25) is 0 Å². The first-order valence-corrected chi connectivity index (χ1v) is 5.87. The van der Waals surface area contributed by atoms with Crippen molar-refractivity contribution < 1.29 is 26.7 Å². The van der Waals surface area contributed by atoms with Gasteiger partial charge in [0.25, 0.3) is 5.91 Å². The van der Waals surface area contributed by atoms with E-state index in [-0.39, 0.29) is 6.54 Å². The van der Waals surface area contributed by atoms with Gasteiger partial charge >= 0.3 is 0 Å². The maximum atomic E-state index is 13.4. The zero-order valence-electron chi connectivity index (χ0n) is 10.2. The molecule has 0 saturated heterocycles. The van der Waals surface area contributed by atoms with Gasteiger partial charge in [0, 0.05) is 6.54 Å². The predicted molar refractivity (Wildman–Crippen MR) is 59.3 cm³/mol. The molecule has 110 valence electrons. The molecule has 0 unspecified atom stereocenters. The number of hydrogen-bond acceptors (Lipinski definition) is 2. The van der Waals surface area contributed by atoms with Gasteiger partial charge in [-0.25, -0.2) is 22.0 Å². The van der Waals surface area contributed by atoms with Crippen LogP contribution in [-0.2, 0) is 0 Å². The van der Waals surface area contributed by atoms with Crippen molar-refractivity contribution in [1.82, 2.24) is 5.32 Å². The topological polar surface area (TPSA) is 55.1 Å². The zero-order chi connectivity index (χ0) is 15.1. The third-order valence-corrected chi connectivity index (χ3v) is 3.52. The van der Waals surface area contributed by atoms with E-state index in [0.717, 1.165) is 6.42 Å². The second-order valence-corrected chi connectivity index (χ2v) is 4.74. The number of rotatable bonds is 3. The average molecular weight is 294 g/mol. The van der Waals surface area contributed by atoms with E-state index in [0.29, 0.717) is 12.8 Å². The Kier molecular flexibility index (Phi) is 3.68. The molecule has 0 bridgehead atoms. The Bertz CT molecular complexity index is 537. The lowest BCUT2D eigenvalue weighted by atomic mass is 9.76. The van der Waals surface area contributed by atoms with E-state index < -0.39 is 46.1 Å². The molecule has 1 aliphatic carbocycles. The van der Waals surface area contributed by atoms with Gasteiger partial charge in [-0.3, -0.25) is 4.79 Å². The Morgan fingerprint density at radius 1 is 1.00 bits per heavy atom. The van der Waals surface area contributed by atoms with Crippen molar-refractivity contribution in [2.75, 3.05) is 6.54 Å². The van der Waals surface area contributed by atoms with Crippen molar-refractivity contribution >= 4 is 5.91 Å². The van der Waals surface area contributed by atoms with E-state index in [2.05, 4.69) is 5.32 Å². The van der Waals surface area contributed by atoms with Crippen LogP contribution < -0.4 is 11.1 Å². The zero-order valence-corrected chi connectivity index (χ0v) is 10.2. The molecule has 1 aliphatic rings. The number of amides is 1. The minimum absolute atomic E-state index is 0.0220. The molecule has 3 N–H and O–H groups in total. The van der Waals surface area contributed by atoms with E-state index >= 15 is 0 Å². The molecular formula is C12H11F5N2O. The molecule has 0 atom stereocenters. The van der Waals surface area contributed by atoms with Crippen LogP contribution in [0.4, 0.5) is 22.0 Å². The summed E-state index contributed by atoms with van der Waals surface area (Å²) in [7, 11) is 0. The largest absolute Gasteiger partial charge is 0.345 e. The van der Waals surface area contributed by atoms with E-state index in [9.17, 15) is 26.7 Å². The highest BCUT2D eigenvalue weighted by atomic mass is 19.2. The van der Waals surface area contributed by atoms with Gasteiger partial charge in [-0.15, -0.1) is 0 Å². The van der Waals surface area contributed by atoms with Crippen molar-refractivity contribution in [3.05, 3.63) is 34.6 Å². The summed E-state index contributed by atoms with van der Waals surface area (Å²) in [5.41, 5.74) is 3.12. The van der Waals surface area contributed by atoms with Gasteiger partial charge in [-0.2, -0.15) is 0 Å². The molecule has 1 fully saturated rings. The van der Waals surface area contributed by atoms with Crippen LogP contribution in [0, 0.1) is 29.1 Å². The maximum absolute atomic E-state index is 13.4. The summed E-state index contributed by atoms with van der Waals surface area (Å²) in [5, 5.41) is 2.25. The summed E-state index contributed by atoms with van der Waals surface area (Å²) in [6.07, 6.45) is 1.74. The van der Waals surface area contributed by atoms with Gasteiger partial charge < -0.3 is 11.1 Å². The first kappa shape index (κ1) is 14.7. The normalized spacial score (nSPS) is 16.7. The number of carbonyl (C=O) groups is 1. The Hall–Kier alpha value is -1.70. The lowest BCUT2D eigenvalue weighted by Gasteiger charge is -2.41. The summed E-state index contributed by atoms with van der Waals surface area (Å²) in [6, 6.07) is 0. The van der Waals surface area contributed by atoms with Crippen molar-refractivity contribution in [3.63, 3.8) is 0 Å². The second kappa shape index (κ2) is 5.01. The SMILES string of the molecule is NCC1(NC(=O)c2c(F)c(F)c(F)c(F)c2F)CCC1. The third-order valence-electron chi connectivity index (χ3n) is 3.52. The molecule has 20 heavy (non-hydrogen) atoms. The second-order valence-electron chi connectivity index (χ2n) is 4.74. The standard InChI is InChI=1S/C12H11F5N2O/c13-6-5(7(14)9(16)10(17)8(6)15)11(20)19-12(4-18)2-1-3-12/h1-4,18H2,(H,19,20). The number of hydrogen-bond donors (Lipinski definition) is 2. The fourth-order valence-electron chi connectivity index (χ4n) is 2.09. The molecule has 0 heterocycles. The Morgan fingerprint density at radius 2 is 1.45 bits per heavy atom. The van der Waals surface area contributed by atoms with Gasteiger partial charge in [0.15, 0.2) is 23.3 Å². The molecule has 3 nitrogen and oxygen atoms in total. The van der Waals surface area contributed by atoms with E-state index in [4.69, 9.17) is 5.73 Å². The minimum atomic E-state index is -2.30. The van der Waals surface area contributed by atoms with Crippen molar-refractivity contribution in [2.24, 2.45) is 5.73 Å². The fraction of sp³-hybridized carbons (Fsp3) is 0.417. The smallest absolute Gasteiger partial charge is 0.257 e. The van der Waals surface area contributed by atoms with Crippen LogP contribution >= 0.6 is 0 Å². The Morgan fingerprint density at radius 3 is 1.80 bits per heavy atom. The lowest BCUT2D eigenvalue weighted by Crippen LogP contribution is -2.58.